The third-order valence-corrected chi connectivity index (χ3v) is 2.06. The molecule has 0 fully saturated rings. The van der Waals surface area contributed by atoms with Gasteiger partial charge in [0.15, 0.2) is 0 Å². The first-order valence-electron chi connectivity index (χ1n) is 5.71. The second-order valence-electron chi connectivity index (χ2n) is 4.97. The number of hydrogen-bond donors (Lipinski definition) is 2. The summed E-state index contributed by atoms with van der Waals surface area (Å²) in [6, 6.07) is 3.48. The molecule has 0 bridgehead atoms. The van der Waals surface area contributed by atoms with Gasteiger partial charge in [0.2, 0.25) is 0 Å². The summed E-state index contributed by atoms with van der Waals surface area (Å²) >= 11 is 0. The fourth-order valence-electron chi connectivity index (χ4n) is 1.29. The van der Waals surface area contributed by atoms with Crippen LogP contribution in [0, 0.1) is 5.82 Å². The molecule has 0 aliphatic heterocycles. The largest absolute Gasteiger partial charge is 0.507 e. The Hall–Kier alpha value is -2.11. The number of carbonyl (C=O) groups is 1. The Bertz CT molecular complexity index is 507. The molecule has 0 aliphatic carbocycles. The molecule has 6 heteroatoms. The summed E-state index contributed by atoms with van der Waals surface area (Å²) < 4.78 is 18.0. The lowest BCUT2D eigenvalue weighted by Gasteiger charge is -2.18. The average molecular weight is 268 g/mol. The highest BCUT2D eigenvalue weighted by molar-refractivity contribution is 6.01. The molecule has 0 aliphatic rings. The minimum Gasteiger partial charge on any atom is -0.507 e. The highest BCUT2D eigenvalue weighted by atomic mass is 19.1. The number of aromatic hydroxyl groups is 1. The number of amides is 1. The van der Waals surface area contributed by atoms with Crippen molar-refractivity contribution in [3.63, 3.8) is 0 Å². The number of hydrogen-bond acceptors (Lipinski definition) is 4. The van der Waals surface area contributed by atoms with Crippen LogP contribution in [0.5, 0.6) is 5.75 Å². The Balaban J connectivity index is 2.77. The summed E-state index contributed by atoms with van der Waals surface area (Å²) in [7, 11) is 0. The molecule has 0 unspecified atom stereocenters. The summed E-state index contributed by atoms with van der Waals surface area (Å²) in [5.74, 6) is -0.617. The molecule has 1 rings (SSSR count). The van der Waals surface area contributed by atoms with Gasteiger partial charge >= 0.3 is 6.09 Å². The van der Waals surface area contributed by atoms with Crippen molar-refractivity contribution >= 4 is 11.8 Å². The SMILES string of the molecule is C/C(=N\NC(=O)OC(C)(C)C)c1cc(F)ccc1O. The smallest absolute Gasteiger partial charge is 0.428 e. The van der Waals surface area contributed by atoms with Crippen LogP contribution in [0.1, 0.15) is 33.3 Å². The van der Waals surface area contributed by atoms with Crippen molar-refractivity contribution in [1.82, 2.24) is 5.43 Å². The first-order valence-corrected chi connectivity index (χ1v) is 5.71. The molecule has 19 heavy (non-hydrogen) atoms. The van der Waals surface area contributed by atoms with E-state index in [1.165, 1.54) is 13.0 Å². The van der Waals surface area contributed by atoms with Gasteiger partial charge in [-0.25, -0.2) is 14.6 Å². The summed E-state index contributed by atoms with van der Waals surface area (Å²) in [5.41, 5.74) is 2.02. The molecule has 5 nitrogen and oxygen atoms in total. The van der Waals surface area contributed by atoms with E-state index in [4.69, 9.17) is 4.74 Å². The second-order valence-corrected chi connectivity index (χ2v) is 4.97. The number of rotatable bonds is 2. The highest BCUT2D eigenvalue weighted by Crippen LogP contribution is 2.18. The van der Waals surface area contributed by atoms with E-state index in [0.717, 1.165) is 12.1 Å². The maximum atomic E-state index is 13.1. The minimum atomic E-state index is -0.720. The first-order chi connectivity index (χ1) is 8.69. The molecule has 0 atom stereocenters. The number of phenolic OH excluding ortho intramolecular Hbond substituents is 1. The van der Waals surface area contributed by atoms with Crippen LogP contribution in [-0.2, 0) is 4.74 Å². The minimum absolute atomic E-state index is 0.117. The van der Waals surface area contributed by atoms with E-state index in [0.29, 0.717) is 0 Å². The summed E-state index contributed by atoms with van der Waals surface area (Å²) in [4.78, 5) is 11.4. The molecule has 1 aromatic carbocycles. The van der Waals surface area contributed by atoms with Gasteiger partial charge < -0.3 is 9.84 Å². The molecule has 1 amide bonds. The van der Waals surface area contributed by atoms with E-state index >= 15 is 0 Å². The standard InChI is InChI=1S/C13H17FN2O3/c1-8(10-7-9(14)5-6-11(10)17)15-16-12(18)19-13(2,3)4/h5-7,17H,1-4H3,(H,16,18)/b15-8+. The van der Waals surface area contributed by atoms with Gasteiger partial charge in [-0.3, -0.25) is 0 Å². The van der Waals surface area contributed by atoms with Crippen molar-refractivity contribution in [1.29, 1.82) is 0 Å². The van der Waals surface area contributed by atoms with Crippen LogP contribution in [0.2, 0.25) is 0 Å². The molecular formula is C13H17FN2O3. The zero-order valence-electron chi connectivity index (χ0n) is 11.3. The fourth-order valence-corrected chi connectivity index (χ4v) is 1.29. The molecule has 0 saturated heterocycles. The fraction of sp³-hybridized carbons (Fsp3) is 0.385. The van der Waals surface area contributed by atoms with Crippen LogP contribution in [-0.4, -0.2) is 22.5 Å². The van der Waals surface area contributed by atoms with E-state index in [1.54, 1.807) is 20.8 Å². The maximum Gasteiger partial charge on any atom is 0.428 e. The van der Waals surface area contributed by atoms with Crippen molar-refractivity contribution in [3.8, 4) is 5.75 Å². The Labute approximate surface area is 111 Å². The van der Waals surface area contributed by atoms with E-state index < -0.39 is 17.5 Å². The molecule has 0 saturated carbocycles. The predicted octanol–water partition coefficient (Wildman–Crippen LogP) is 2.78. The van der Waals surface area contributed by atoms with Gasteiger partial charge in [-0.1, -0.05) is 0 Å². The lowest BCUT2D eigenvalue weighted by atomic mass is 10.1. The number of carbonyl (C=O) groups excluding carboxylic acids is 1. The van der Waals surface area contributed by atoms with Gasteiger partial charge in [0.1, 0.15) is 17.2 Å². The molecule has 0 spiro atoms. The first kappa shape index (κ1) is 14.9. The zero-order chi connectivity index (χ0) is 14.6. The number of halogens is 1. The third kappa shape index (κ3) is 4.95. The second kappa shape index (κ2) is 5.69. The topological polar surface area (TPSA) is 70.9 Å². The molecular weight excluding hydrogens is 251 g/mol. The summed E-state index contributed by atoms with van der Waals surface area (Å²) in [6.07, 6.45) is -0.720. The van der Waals surface area contributed by atoms with E-state index in [2.05, 4.69) is 10.5 Å². The van der Waals surface area contributed by atoms with Crippen molar-refractivity contribution in [2.75, 3.05) is 0 Å². The van der Waals surface area contributed by atoms with Crippen LogP contribution in [0.25, 0.3) is 0 Å². The van der Waals surface area contributed by atoms with Gasteiger partial charge in [0, 0.05) is 5.56 Å². The lowest BCUT2D eigenvalue weighted by Crippen LogP contribution is -2.30. The predicted molar refractivity (Wildman–Crippen MR) is 69.6 cm³/mol. The van der Waals surface area contributed by atoms with Crippen LogP contribution in [0.4, 0.5) is 9.18 Å². The molecule has 0 aromatic heterocycles. The zero-order valence-corrected chi connectivity index (χ0v) is 11.3. The molecule has 2 N–H and O–H groups in total. The van der Waals surface area contributed by atoms with E-state index in [-0.39, 0.29) is 17.0 Å². The Morgan fingerprint density at radius 2 is 2.05 bits per heavy atom. The van der Waals surface area contributed by atoms with Gasteiger partial charge in [-0.15, -0.1) is 0 Å². The average Bonchev–Trinajstić information content (AvgIpc) is 2.27. The highest BCUT2D eigenvalue weighted by Gasteiger charge is 2.15. The maximum absolute atomic E-state index is 13.1. The van der Waals surface area contributed by atoms with Gasteiger partial charge in [-0.05, 0) is 45.9 Å². The monoisotopic (exact) mass is 268 g/mol. The molecule has 104 valence electrons. The Kier molecular flexibility index (Phi) is 4.47. The molecule has 0 heterocycles. The number of ether oxygens (including phenoxy) is 1. The molecule has 0 radical (unpaired) electrons. The summed E-state index contributed by atoms with van der Waals surface area (Å²) in [6.45, 7) is 6.70. The number of phenols is 1. The van der Waals surface area contributed by atoms with Gasteiger partial charge in [0.05, 0.1) is 5.71 Å². The Morgan fingerprint density at radius 3 is 2.63 bits per heavy atom. The number of nitrogens with one attached hydrogen (secondary N) is 1. The van der Waals surface area contributed by atoms with E-state index in [1.807, 2.05) is 0 Å². The third-order valence-electron chi connectivity index (χ3n) is 2.06. The number of hydrazone groups is 1. The van der Waals surface area contributed by atoms with Crippen LogP contribution < -0.4 is 5.43 Å². The Morgan fingerprint density at radius 1 is 1.42 bits per heavy atom. The quantitative estimate of drug-likeness (QED) is 0.640. The number of nitrogens with zero attached hydrogens (tertiary/aromatic N) is 1. The van der Waals surface area contributed by atoms with Crippen molar-refractivity contribution < 1.29 is 19.0 Å². The van der Waals surface area contributed by atoms with Crippen molar-refractivity contribution in [2.24, 2.45) is 5.10 Å². The summed E-state index contributed by atoms with van der Waals surface area (Å²) in [5, 5.41) is 13.3. The number of benzene rings is 1. The van der Waals surface area contributed by atoms with Crippen molar-refractivity contribution in [3.05, 3.63) is 29.6 Å². The normalized spacial score (nSPS) is 12.2. The van der Waals surface area contributed by atoms with Gasteiger partial charge in [0.25, 0.3) is 0 Å². The van der Waals surface area contributed by atoms with Gasteiger partial charge in [-0.2, -0.15) is 5.10 Å². The van der Waals surface area contributed by atoms with E-state index in [9.17, 15) is 14.3 Å². The molecule has 1 aromatic rings. The van der Waals surface area contributed by atoms with Crippen molar-refractivity contribution in [2.45, 2.75) is 33.3 Å². The van der Waals surface area contributed by atoms with Crippen LogP contribution in [0.15, 0.2) is 23.3 Å². The van der Waals surface area contributed by atoms with Crippen LogP contribution >= 0.6 is 0 Å². The van der Waals surface area contributed by atoms with Crippen LogP contribution in [0.3, 0.4) is 0 Å². The lowest BCUT2D eigenvalue weighted by molar-refractivity contribution is 0.0529.